The number of nitrogens with zero attached hydrogens (tertiary/aromatic N) is 2. The molecule has 0 spiro atoms. The van der Waals surface area contributed by atoms with Gasteiger partial charge in [0.25, 0.3) is 15.9 Å². The molecular formula is C24H22N4O6S. The zero-order valence-electron chi connectivity index (χ0n) is 19.1. The molecule has 1 heterocycles. The minimum Gasteiger partial charge on any atom is -0.493 e. The summed E-state index contributed by atoms with van der Waals surface area (Å²) >= 11 is 0. The predicted octanol–water partition coefficient (Wildman–Crippen LogP) is 4.18. The summed E-state index contributed by atoms with van der Waals surface area (Å²) in [6.45, 7) is 1.37. The van der Waals surface area contributed by atoms with Crippen molar-refractivity contribution in [2.75, 3.05) is 24.3 Å². The molecule has 0 unspecified atom stereocenters. The Morgan fingerprint density at radius 2 is 1.63 bits per heavy atom. The molecule has 4 aromatic rings. The summed E-state index contributed by atoms with van der Waals surface area (Å²) < 4.78 is 44.1. The lowest BCUT2D eigenvalue weighted by Gasteiger charge is -2.09. The molecule has 0 aliphatic carbocycles. The first-order chi connectivity index (χ1) is 16.8. The molecule has 1 amide bonds. The highest BCUT2D eigenvalue weighted by atomic mass is 32.2. The average molecular weight is 495 g/mol. The summed E-state index contributed by atoms with van der Waals surface area (Å²) in [6.07, 6.45) is 0. The number of amides is 1. The number of rotatable bonds is 8. The second-order valence-corrected chi connectivity index (χ2v) is 9.07. The number of anilines is 2. The maximum absolute atomic E-state index is 12.8. The molecule has 0 aliphatic heterocycles. The Morgan fingerprint density at radius 3 is 2.31 bits per heavy atom. The first-order valence-corrected chi connectivity index (χ1v) is 11.8. The van der Waals surface area contributed by atoms with E-state index in [1.54, 1.807) is 49.6 Å². The van der Waals surface area contributed by atoms with E-state index in [0.29, 0.717) is 34.0 Å². The van der Waals surface area contributed by atoms with Crippen molar-refractivity contribution < 1.29 is 27.2 Å². The van der Waals surface area contributed by atoms with Gasteiger partial charge in [0.15, 0.2) is 11.5 Å². The third kappa shape index (κ3) is 5.41. The van der Waals surface area contributed by atoms with Crippen LogP contribution >= 0.6 is 0 Å². The summed E-state index contributed by atoms with van der Waals surface area (Å²) in [4.78, 5) is 15.6. The average Bonchev–Trinajstić information content (AvgIpc) is 3.34. The third-order valence-corrected chi connectivity index (χ3v) is 6.31. The molecule has 0 atom stereocenters. The number of hydrogen-bond acceptors (Lipinski definition) is 8. The van der Waals surface area contributed by atoms with Gasteiger partial charge in [0.1, 0.15) is 0 Å². The fraction of sp³-hybridized carbons (Fsp3) is 0.125. The Hall–Kier alpha value is -4.38. The number of methoxy groups -OCH3 is 2. The first kappa shape index (κ1) is 23.8. The molecule has 1 aromatic heterocycles. The number of carbonyl (C=O) groups is 1. The van der Waals surface area contributed by atoms with E-state index in [-0.39, 0.29) is 22.5 Å². The van der Waals surface area contributed by atoms with Gasteiger partial charge in [-0.2, -0.15) is 4.98 Å². The number of aromatic nitrogens is 2. The van der Waals surface area contributed by atoms with Gasteiger partial charge in [-0.25, -0.2) is 8.42 Å². The molecule has 11 heteroatoms. The van der Waals surface area contributed by atoms with E-state index in [0.717, 1.165) is 0 Å². The maximum atomic E-state index is 12.8. The van der Waals surface area contributed by atoms with Crippen molar-refractivity contribution in [1.82, 2.24) is 10.1 Å². The molecule has 0 bridgehead atoms. The fourth-order valence-electron chi connectivity index (χ4n) is 3.28. The van der Waals surface area contributed by atoms with Crippen molar-refractivity contribution in [2.45, 2.75) is 11.8 Å². The van der Waals surface area contributed by atoms with Gasteiger partial charge in [-0.15, -0.1) is 0 Å². The van der Waals surface area contributed by atoms with E-state index in [9.17, 15) is 13.2 Å². The van der Waals surface area contributed by atoms with Crippen molar-refractivity contribution in [3.63, 3.8) is 0 Å². The van der Waals surface area contributed by atoms with E-state index in [4.69, 9.17) is 14.0 Å². The minimum absolute atomic E-state index is 0.0484. The smallest absolute Gasteiger partial charge is 0.261 e. The van der Waals surface area contributed by atoms with E-state index >= 15 is 0 Å². The summed E-state index contributed by atoms with van der Waals surface area (Å²) in [7, 11) is -0.784. The summed E-state index contributed by atoms with van der Waals surface area (Å²) in [5.74, 6) is 1.40. The number of benzene rings is 3. The number of ether oxygens (including phenoxy) is 2. The van der Waals surface area contributed by atoms with Crippen molar-refractivity contribution in [2.24, 2.45) is 0 Å². The SMILES string of the molecule is COc1ccc(-c2nc(-c3cccc(NS(=O)(=O)c4ccc(NC(C)=O)cc4)c3)no2)cc1OC. The van der Waals surface area contributed by atoms with Crippen LogP contribution in [0.2, 0.25) is 0 Å². The first-order valence-electron chi connectivity index (χ1n) is 10.4. The van der Waals surface area contributed by atoms with Crippen LogP contribution < -0.4 is 19.5 Å². The van der Waals surface area contributed by atoms with Crippen molar-refractivity contribution >= 4 is 27.3 Å². The standard InChI is InChI=1S/C24H22N4O6S/c1-15(29)25-18-8-10-20(11-9-18)35(30,31)28-19-6-4-5-16(13-19)23-26-24(34-27-23)17-7-12-21(32-2)22(14-17)33-3/h4-14,28H,1-3H3,(H,25,29). The largest absolute Gasteiger partial charge is 0.493 e. The molecule has 0 aliphatic rings. The van der Waals surface area contributed by atoms with E-state index < -0.39 is 10.0 Å². The van der Waals surface area contributed by atoms with Gasteiger partial charge >= 0.3 is 0 Å². The van der Waals surface area contributed by atoms with Gasteiger partial charge in [-0.05, 0) is 54.6 Å². The van der Waals surface area contributed by atoms with Crippen LogP contribution in [-0.2, 0) is 14.8 Å². The second-order valence-electron chi connectivity index (χ2n) is 7.38. The van der Waals surface area contributed by atoms with Crippen LogP contribution in [-0.4, -0.2) is 38.7 Å². The van der Waals surface area contributed by atoms with E-state index in [1.807, 2.05) is 0 Å². The van der Waals surface area contributed by atoms with Crippen molar-refractivity contribution in [1.29, 1.82) is 0 Å². The Morgan fingerprint density at radius 1 is 0.886 bits per heavy atom. The molecule has 0 saturated carbocycles. The normalized spacial score (nSPS) is 11.1. The topological polar surface area (TPSA) is 133 Å². The highest BCUT2D eigenvalue weighted by Crippen LogP contribution is 2.32. The summed E-state index contributed by atoms with van der Waals surface area (Å²) in [5.41, 5.74) is 2.02. The van der Waals surface area contributed by atoms with Gasteiger partial charge < -0.3 is 19.3 Å². The second kappa shape index (κ2) is 9.85. The molecule has 2 N–H and O–H groups in total. The van der Waals surface area contributed by atoms with Crippen LogP contribution in [0.25, 0.3) is 22.8 Å². The fourth-order valence-corrected chi connectivity index (χ4v) is 4.33. The third-order valence-electron chi connectivity index (χ3n) is 4.91. The van der Waals surface area contributed by atoms with Crippen LogP contribution in [0.4, 0.5) is 11.4 Å². The molecule has 10 nitrogen and oxygen atoms in total. The lowest BCUT2D eigenvalue weighted by atomic mass is 10.2. The lowest BCUT2D eigenvalue weighted by Crippen LogP contribution is -2.13. The molecular weight excluding hydrogens is 472 g/mol. The number of hydrogen-bond donors (Lipinski definition) is 2. The quantitative estimate of drug-likeness (QED) is 0.373. The zero-order valence-corrected chi connectivity index (χ0v) is 19.9. The molecule has 3 aromatic carbocycles. The monoisotopic (exact) mass is 494 g/mol. The molecule has 35 heavy (non-hydrogen) atoms. The van der Waals surface area contributed by atoms with Crippen molar-refractivity contribution in [3.8, 4) is 34.3 Å². The van der Waals surface area contributed by atoms with Gasteiger partial charge in [0.05, 0.1) is 19.1 Å². The highest BCUT2D eigenvalue weighted by molar-refractivity contribution is 7.92. The lowest BCUT2D eigenvalue weighted by molar-refractivity contribution is -0.114. The van der Waals surface area contributed by atoms with Crippen LogP contribution in [0.3, 0.4) is 0 Å². The maximum Gasteiger partial charge on any atom is 0.261 e. The van der Waals surface area contributed by atoms with E-state index in [2.05, 4.69) is 20.2 Å². The van der Waals surface area contributed by atoms with Gasteiger partial charge in [-0.1, -0.05) is 17.3 Å². The van der Waals surface area contributed by atoms with Crippen molar-refractivity contribution in [3.05, 3.63) is 66.7 Å². The zero-order chi connectivity index (χ0) is 25.0. The predicted molar refractivity (Wildman–Crippen MR) is 130 cm³/mol. The number of nitrogens with one attached hydrogen (secondary N) is 2. The molecule has 0 saturated heterocycles. The van der Waals surface area contributed by atoms with Crippen LogP contribution in [0, 0.1) is 0 Å². The minimum atomic E-state index is -3.86. The van der Waals surface area contributed by atoms with Gasteiger partial charge in [0, 0.05) is 29.4 Å². The van der Waals surface area contributed by atoms with Crippen LogP contribution in [0.1, 0.15) is 6.92 Å². The molecule has 180 valence electrons. The van der Waals surface area contributed by atoms with E-state index in [1.165, 1.54) is 38.3 Å². The summed E-state index contributed by atoms with van der Waals surface area (Å²) in [6, 6.07) is 17.7. The molecule has 0 fully saturated rings. The van der Waals surface area contributed by atoms with Crippen LogP contribution in [0.5, 0.6) is 11.5 Å². The molecule has 4 rings (SSSR count). The van der Waals surface area contributed by atoms with Gasteiger partial charge in [0.2, 0.25) is 11.7 Å². The highest BCUT2D eigenvalue weighted by Gasteiger charge is 2.17. The Kier molecular flexibility index (Phi) is 6.69. The summed E-state index contributed by atoms with van der Waals surface area (Å²) in [5, 5.41) is 6.61. The Balaban J connectivity index is 1.55. The number of sulfonamides is 1. The Bertz CT molecular complexity index is 1470. The molecule has 0 radical (unpaired) electrons. The van der Waals surface area contributed by atoms with Crippen LogP contribution in [0.15, 0.2) is 76.1 Å². The van der Waals surface area contributed by atoms with Gasteiger partial charge in [-0.3, -0.25) is 9.52 Å². The number of carbonyl (C=O) groups excluding carboxylic acids is 1. The Labute approximate surface area is 201 Å².